The number of ketones is 1. The number of carbonyl (C=O) groups is 2. The molecule has 3 fully saturated rings. The number of benzene rings is 1. The second-order valence-corrected chi connectivity index (χ2v) is 12.3. The molecule has 6 atom stereocenters. The number of aryl methyl sites for hydroxylation is 1. The van der Waals surface area contributed by atoms with E-state index in [1.54, 1.807) is 0 Å². The molecular formula is C34H52O5. The SMILES string of the molecule is CC.CC12CCC(=O)C=C1CCC1C2CCC2(C)C(O)CCC12.CCCc1ccc(OCCCC(=O)O)cc1. The van der Waals surface area contributed by atoms with Crippen molar-refractivity contribution < 1.29 is 24.5 Å². The third-order valence-electron chi connectivity index (χ3n) is 10.2. The maximum atomic E-state index is 11.8. The van der Waals surface area contributed by atoms with Crippen molar-refractivity contribution in [2.75, 3.05) is 6.61 Å². The number of ether oxygens (including phenoxy) is 1. The number of hydrogen-bond donors (Lipinski definition) is 2. The van der Waals surface area contributed by atoms with E-state index in [1.807, 2.05) is 32.1 Å². The van der Waals surface area contributed by atoms with Crippen LogP contribution in [0.3, 0.4) is 0 Å². The predicted octanol–water partition coefficient (Wildman–Crippen LogP) is 7.79. The summed E-state index contributed by atoms with van der Waals surface area (Å²) in [5, 5.41) is 18.9. The summed E-state index contributed by atoms with van der Waals surface area (Å²) in [6, 6.07) is 7.98. The molecule has 4 aliphatic carbocycles. The Morgan fingerprint density at radius 3 is 2.38 bits per heavy atom. The molecule has 3 saturated carbocycles. The number of carboxylic acids is 1. The van der Waals surface area contributed by atoms with Crippen LogP contribution in [0.2, 0.25) is 0 Å². The molecule has 1 aromatic rings. The van der Waals surface area contributed by atoms with Crippen LogP contribution in [0.5, 0.6) is 5.75 Å². The van der Waals surface area contributed by atoms with Crippen LogP contribution >= 0.6 is 0 Å². The average Bonchev–Trinajstić information content (AvgIpc) is 3.24. The van der Waals surface area contributed by atoms with E-state index in [-0.39, 0.29) is 23.4 Å². The van der Waals surface area contributed by atoms with E-state index >= 15 is 0 Å². The van der Waals surface area contributed by atoms with Gasteiger partial charge in [-0.15, -0.1) is 0 Å². The smallest absolute Gasteiger partial charge is 0.303 e. The van der Waals surface area contributed by atoms with Crippen molar-refractivity contribution in [1.82, 2.24) is 0 Å². The minimum absolute atomic E-state index is 0.0823. The lowest BCUT2D eigenvalue weighted by atomic mass is 9.47. The summed E-state index contributed by atoms with van der Waals surface area (Å²) in [7, 11) is 0. The normalized spacial score (nSPS) is 32.7. The van der Waals surface area contributed by atoms with Gasteiger partial charge in [0.1, 0.15) is 5.75 Å². The maximum absolute atomic E-state index is 11.8. The minimum atomic E-state index is -0.776. The van der Waals surface area contributed by atoms with Crippen molar-refractivity contribution in [2.24, 2.45) is 28.6 Å². The fourth-order valence-electron chi connectivity index (χ4n) is 7.99. The van der Waals surface area contributed by atoms with Gasteiger partial charge in [-0.05, 0) is 110 Å². The number of hydrogen-bond acceptors (Lipinski definition) is 4. The van der Waals surface area contributed by atoms with Crippen LogP contribution in [0.4, 0.5) is 0 Å². The lowest BCUT2D eigenvalue weighted by Gasteiger charge is -2.57. The molecule has 0 heterocycles. The number of allylic oxidation sites excluding steroid dienone is 1. The quantitative estimate of drug-likeness (QED) is 0.345. The van der Waals surface area contributed by atoms with E-state index in [2.05, 4.69) is 32.9 Å². The van der Waals surface area contributed by atoms with Gasteiger partial charge in [-0.1, -0.05) is 58.7 Å². The molecule has 5 nitrogen and oxygen atoms in total. The van der Waals surface area contributed by atoms with Gasteiger partial charge < -0.3 is 14.9 Å². The first kappa shape index (κ1) is 31.4. The van der Waals surface area contributed by atoms with E-state index in [4.69, 9.17) is 9.84 Å². The number of rotatable bonds is 7. The third-order valence-corrected chi connectivity index (χ3v) is 10.2. The number of aliphatic carboxylic acids is 1. The van der Waals surface area contributed by atoms with Crippen molar-refractivity contribution in [3.8, 4) is 5.75 Å². The molecule has 5 rings (SSSR count). The highest BCUT2D eigenvalue weighted by molar-refractivity contribution is 5.91. The molecule has 6 unspecified atom stereocenters. The molecule has 2 N–H and O–H groups in total. The van der Waals surface area contributed by atoms with Crippen molar-refractivity contribution in [3.05, 3.63) is 41.5 Å². The molecule has 0 spiro atoms. The summed E-state index contributed by atoms with van der Waals surface area (Å²) in [6.07, 6.45) is 13.6. The first-order valence-corrected chi connectivity index (χ1v) is 15.5. The van der Waals surface area contributed by atoms with E-state index in [9.17, 15) is 14.7 Å². The van der Waals surface area contributed by atoms with E-state index in [0.29, 0.717) is 24.7 Å². The molecule has 0 radical (unpaired) electrons. The van der Waals surface area contributed by atoms with Crippen LogP contribution < -0.4 is 4.74 Å². The number of fused-ring (bicyclic) bond motifs is 5. The number of carbonyl (C=O) groups excluding carboxylic acids is 1. The lowest BCUT2D eigenvalue weighted by molar-refractivity contribution is -0.137. The second-order valence-electron chi connectivity index (χ2n) is 12.3. The summed E-state index contributed by atoms with van der Waals surface area (Å²) < 4.78 is 5.43. The van der Waals surface area contributed by atoms with Gasteiger partial charge in [0.15, 0.2) is 5.78 Å². The molecule has 1 aromatic carbocycles. The topological polar surface area (TPSA) is 83.8 Å². The molecular weight excluding hydrogens is 488 g/mol. The summed E-state index contributed by atoms with van der Waals surface area (Å²) in [4.78, 5) is 22.1. The van der Waals surface area contributed by atoms with Gasteiger partial charge in [-0.2, -0.15) is 0 Å². The molecule has 0 aromatic heterocycles. The monoisotopic (exact) mass is 540 g/mol. The molecule has 4 aliphatic rings. The Hall–Kier alpha value is -2.14. The summed E-state index contributed by atoms with van der Waals surface area (Å²) in [5.74, 6) is 2.61. The number of aliphatic hydroxyl groups excluding tert-OH is 1. The second kappa shape index (κ2) is 14.0. The molecule has 0 saturated heterocycles. The van der Waals surface area contributed by atoms with Gasteiger partial charge in [0.25, 0.3) is 0 Å². The highest BCUT2D eigenvalue weighted by Gasteiger charge is 2.58. The van der Waals surface area contributed by atoms with Crippen LogP contribution in [0.1, 0.15) is 111 Å². The Balaban J connectivity index is 0.000000211. The fourth-order valence-corrected chi connectivity index (χ4v) is 7.99. The van der Waals surface area contributed by atoms with Crippen LogP contribution in [0.25, 0.3) is 0 Å². The van der Waals surface area contributed by atoms with Crippen molar-refractivity contribution in [1.29, 1.82) is 0 Å². The Morgan fingerprint density at radius 1 is 1.00 bits per heavy atom. The molecule has 0 bridgehead atoms. The number of carboxylic acid groups (broad SMARTS) is 1. The Bertz CT molecular complexity index is 982. The first-order chi connectivity index (χ1) is 18.7. The maximum Gasteiger partial charge on any atom is 0.303 e. The van der Waals surface area contributed by atoms with Gasteiger partial charge in [-0.3, -0.25) is 9.59 Å². The van der Waals surface area contributed by atoms with Gasteiger partial charge in [-0.25, -0.2) is 0 Å². The Kier molecular flexibility index (Phi) is 11.2. The third kappa shape index (κ3) is 7.14. The van der Waals surface area contributed by atoms with Crippen molar-refractivity contribution >= 4 is 11.8 Å². The molecule has 0 aliphatic heterocycles. The van der Waals surface area contributed by atoms with E-state index < -0.39 is 5.97 Å². The Labute approximate surface area is 236 Å². The van der Waals surface area contributed by atoms with E-state index in [0.717, 1.165) is 56.1 Å². The lowest BCUT2D eigenvalue weighted by Crippen LogP contribution is -2.51. The minimum Gasteiger partial charge on any atom is -0.494 e. The van der Waals surface area contributed by atoms with Gasteiger partial charge in [0.2, 0.25) is 0 Å². The molecule has 5 heteroatoms. The highest BCUT2D eigenvalue weighted by atomic mass is 16.5. The largest absolute Gasteiger partial charge is 0.494 e. The predicted molar refractivity (Wildman–Crippen MR) is 157 cm³/mol. The molecule has 39 heavy (non-hydrogen) atoms. The van der Waals surface area contributed by atoms with Crippen LogP contribution in [-0.4, -0.2) is 34.7 Å². The standard InChI is InChI=1S/C19H28O2.C13H18O3.C2H6/c1-18-9-7-13(20)11-12(18)3-4-14-15-5-6-17(21)19(15,2)10-8-16(14)18;1-2-4-11-6-8-12(9-7-11)16-10-3-5-13(14)15;1-2/h11,14-17,21H,3-10H2,1-2H3;6-9H,2-5,10H2,1H3,(H,14,15);1-2H3. The van der Waals surface area contributed by atoms with Crippen molar-refractivity contribution in [3.63, 3.8) is 0 Å². The zero-order valence-electron chi connectivity index (χ0n) is 25.0. The van der Waals surface area contributed by atoms with Gasteiger partial charge in [0, 0.05) is 12.8 Å². The van der Waals surface area contributed by atoms with Gasteiger partial charge in [0.05, 0.1) is 12.7 Å². The number of aliphatic hydroxyl groups is 1. The van der Waals surface area contributed by atoms with E-state index in [1.165, 1.54) is 36.8 Å². The van der Waals surface area contributed by atoms with Gasteiger partial charge >= 0.3 is 5.97 Å². The summed E-state index contributed by atoms with van der Waals surface area (Å²) in [5.41, 5.74) is 3.19. The first-order valence-electron chi connectivity index (χ1n) is 15.5. The van der Waals surface area contributed by atoms with Crippen LogP contribution in [0, 0.1) is 28.6 Å². The average molecular weight is 541 g/mol. The Morgan fingerprint density at radius 2 is 1.72 bits per heavy atom. The summed E-state index contributed by atoms with van der Waals surface area (Å²) in [6.45, 7) is 11.4. The zero-order valence-corrected chi connectivity index (χ0v) is 25.0. The fraction of sp³-hybridized carbons (Fsp3) is 0.706. The highest BCUT2D eigenvalue weighted by Crippen LogP contribution is 2.65. The summed E-state index contributed by atoms with van der Waals surface area (Å²) >= 11 is 0. The zero-order chi connectivity index (χ0) is 28.6. The van der Waals surface area contributed by atoms with Crippen LogP contribution in [-0.2, 0) is 16.0 Å². The van der Waals surface area contributed by atoms with Crippen LogP contribution in [0.15, 0.2) is 35.9 Å². The molecule has 0 amide bonds. The molecule has 218 valence electrons. The van der Waals surface area contributed by atoms with Crippen molar-refractivity contribution in [2.45, 2.75) is 118 Å².